The maximum atomic E-state index is 12.8. The van der Waals surface area contributed by atoms with Gasteiger partial charge in [0.05, 0.1) is 5.75 Å². The number of hydrogen-bond donors (Lipinski definition) is 2. The molecule has 1 fully saturated rings. The molecule has 8 nitrogen and oxygen atoms in total. The van der Waals surface area contributed by atoms with Crippen molar-refractivity contribution in [2.45, 2.75) is 43.6 Å². The van der Waals surface area contributed by atoms with Crippen LogP contribution in [0.1, 0.15) is 36.3 Å². The van der Waals surface area contributed by atoms with Crippen molar-refractivity contribution in [3.05, 3.63) is 59.7 Å². The van der Waals surface area contributed by atoms with E-state index in [1.54, 1.807) is 30.3 Å². The summed E-state index contributed by atoms with van der Waals surface area (Å²) in [6, 6.07) is 14.0. The van der Waals surface area contributed by atoms with E-state index in [2.05, 4.69) is 0 Å². The molecule has 0 bridgehead atoms. The number of rotatable bonds is 8. The van der Waals surface area contributed by atoms with E-state index < -0.39 is 21.9 Å². The highest BCUT2D eigenvalue weighted by molar-refractivity contribution is 7.89. The smallest absolute Gasteiger partial charge is 0.396 e. The molecule has 9 heteroatoms. The van der Waals surface area contributed by atoms with Crippen LogP contribution in [0.25, 0.3) is 0 Å². The maximum Gasteiger partial charge on any atom is 0.396 e. The largest absolute Gasteiger partial charge is 0.486 e. The third kappa shape index (κ3) is 4.00. The summed E-state index contributed by atoms with van der Waals surface area (Å²) in [5.74, 6) is -4.78. The number of benzene rings is 2. The molecule has 166 valence electrons. The summed E-state index contributed by atoms with van der Waals surface area (Å²) in [5.41, 5.74) is 1.67. The van der Waals surface area contributed by atoms with Crippen molar-refractivity contribution in [1.82, 2.24) is 4.31 Å². The zero-order valence-electron chi connectivity index (χ0n) is 17.1. The van der Waals surface area contributed by atoms with E-state index in [-0.39, 0.29) is 29.9 Å². The zero-order valence-corrected chi connectivity index (χ0v) is 17.9. The minimum atomic E-state index is -4.17. The molecule has 1 heterocycles. The zero-order chi connectivity index (χ0) is 22.2. The van der Waals surface area contributed by atoms with Crippen molar-refractivity contribution < 1.29 is 32.9 Å². The molecule has 1 saturated carbocycles. The Morgan fingerprint density at radius 3 is 2.65 bits per heavy atom. The minimum Gasteiger partial charge on any atom is -0.486 e. The number of sulfonamides is 1. The quantitative estimate of drug-likeness (QED) is 0.597. The van der Waals surface area contributed by atoms with Gasteiger partial charge in [-0.1, -0.05) is 42.5 Å². The third-order valence-electron chi connectivity index (χ3n) is 6.00. The number of ether oxygens (including phenoxy) is 2. The molecular formula is C22H25NO7S. The van der Waals surface area contributed by atoms with Crippen molar-refractivity contribution in [1.29, 1.82) is 0 Å². The normalized spacial score (nSPS) is 21.8. The number of nitrogens with zero attached hydrogens (tertiary/aromatic N) is 1. The average molecular weight is 448 g/mol. The molecule has 1 aliphatic heterocycles. The first kappa shape index (κ1) is 21.6. The summed E-state index contributed by atoms with van der Waals surface area (Å²) in [5, 5.41) is 20.5. The van der Waals surface area contributed by atoms with Crippen molar-refractivity contribution in [2.75, 3.05) is 12.8 Å². The van der Waals surface area contributed by atoms with E-state index in [0.29, 0.717) is 10.1 Å². The van der Waals surface area contributed by atoms with E-state index in [9.17, 15) is 23.4 Å². The van der Waals surface area contributed by atoms with E-state index in [1.807, 2.05) is 12.1 Å². The van der Waals surface area contributed by atoms with E-state index in [1.165, 1.54) is 6.07 Å². The monoisotopic (exact) mass is 447 g/mol. The number of carboxylic acids is 1. The Hall–Kier alpha value is -2.62. The predicted molar refractivity (Wildman–Crippen MR) is 112 cm³/mol. The number of likely N-dealkylation sites (N-methyl/N-ethyl adjacent to an activating group) is 1. The topological polar surface area (TPSA) is 113 Å². The Morgan fingerprint density at radius 2 is 1.94 bits per heavy atom. The molecule has 0 spiro atoms. The van der Waals surface area contributed by atoms with Crippen LogP contribution in [0.3, 0.4) is 0 Å². The molecule has 0 radical (unpaired) electrons. The number of carbonyl (C=O) groups is 1. The molecule has 1 aliphatic carbocycles. The van der Waals surface area contributed by atoms with Gasteiger partial charge in [-0.25, -0.2) is 13.2 Å². The van der Waals surface area contributed by atoms with Crippen molar-refractivity contribution in [3.8, 4) is 11.5 Å². The van der Waals surface area contributed by atoms with E-state index in [0.717, 1.165) is 37.4 Å². The fraction of sp³-hybridized carbons (Fsp3) is 0.409. The van der Waals surface area contributed by atoms with Crippen LogP contribution < -0.4 is 9.47 Å². The van der Waals surface area contributed by atoms with Gasteiger partial charge in [-0.3, -0.25) is 0 Å². The van der Waals surface area contributed by atoms with Crippen LogP contribution in [0.5, 0.6) is 11.5 Å². The van der Waals surface area contributed by atoms with Gasteiger partial charge >= 0.3 is 11.9 Å². The number of fused-ring (bicyclic) bond motifs is 3. The van der Waals surface area contributed by atoms with Crippen molar-refractivity contribution in [3.63, 3.8) is 0 Å². The summed E-state index contributed by atoms with van der Waals surface area (Å²) in [6.07, 6.45) is 3.04. The Bertz CT molecular complexity index is 1070. The second kappa shape index (κ2) is 8.14. The minimum absolute atomic E-state index is 0.00177. The first-order valence-electron chi connectivity index (χ1n) is 10.2. The molecule has 3 unspecified atom stereocenters. The van der Waals surface area contributed by atoms with Gasteiger partial charge in [0.2, 0.25) is 10.0 Å². The number of hydrogen-bond acceptors (Lipinski definition) is 6. The molecule has 4 rings (SSSR count). The highest BCUT2D eigenvalue weighted by Gasteiger charge is 2.51. The Balaban J connectivity index is 1.58. The Labute approximate surface area is 181 Å². The second-order valence-corrected chi connectivity index (χ2v) is 10.0. The van der Waals surface area contributed by atoms with E-state index >= 15 is 0 Å². The lowest BCUT2D eigenvalue weighted by atomic mass is 9.97. The van der Waals surface area contributed by atoms with Crippen LogP contribution >= 0.6 is 0 Å². The molecule has 2 aliphatic rings. The first-order valence-corrected chi connectivity index (χ1v) is 11.8. The highest BCUT2D eigenvalue weighted by Crippen LogP contribution is 2.51. The number of aliphatic hydroxyl groups is 1. The third-order valence-corrected chi connectivity index (χ3v) is 7.80. The summed E-state index contributed by atoms with van der Waals surface area (Å²) in [6.45, 7) is 0. The lowest BCUT2D eigenvalue weighted by molar-refractivity contribution is -0.225. The van der Waals surface area contributed by atoms with Crippen LogP contribution in [0, 0.1) is 0 Å². The van der Waals surface area contributed by atoms with Crippen molar-refractivity contribution in [2.24, 2.45) is 0 Å². The predicted octanol–water partition coefficient (Wildman–Crippen LogP) is 2.33. The van der Waals surface area contributed by atoms with Gasteiger partial charge in [0, 0.05) is 18.5 Å². The van der Waals surface area contributed by atoms with Crippen LogP contribution in [0.2, 0.25) is 0 Å². The lowest BCUT2D eigenvalue weighted by Crippen LogP contribution is -2.59. The molecule has 2 aromatic carbocycles. The number of aliphatic carboxylic acids is 1. The Morgan fingerprint density at radius 1 is 1.19 bits per heavy atom. The fourth-order valence-electron chi connectivity index (χ4n) is 4.22. The number of para-hydroxylation sites is 1. The molecule has 2 N–H and O–H groups in total. The standard InChI is InChI=1S/C22H25NO7S/c1-23(31(27,28)14-13-15-7-3-2-4-8-15)22(26,21(24)25)30-19-12-6-10-17-16-9-5-11-18(16)29-20(17)19/h2-4,6-8,10,12,16,18,26H,5,9,11,13-14H2,1H3,(H,24,25). The van der Waals surface area contributed by atoms with E-state index in [4.69, 9.17) is 9.47 Å². The van der Waals surface area contributed by atoms with Gasteiger partial charge in [-0.15, -0.1) is 4.31 Å². The van der Waals surface area contributed by atoms with Gasteiger partial charge in [0.25, 0.3) is 0 Å². The van der Waals surface area contributed by atoms with Gasteiger partial charge in [0.15, 0.2) is 11.5 Å². The van der Waals surface area contributed by atoms with Crippen LogP contribution in [-0.4, -0.2) is 53.7 Å². The van der Waals surface area contributed by atoms with Gasteiger partial charge < -0.3 is 19.7 Å². The highest BCUT2D eigenvalue weighted by atomic mass is 32.2. The molecule has 3 atom stereocenters. The van der Waals surface area contributed by atoms with Gasteiger partial charge in [-0.2, -0.15) is 0 Å². The second-order valence-electron chi connectivity index (χ2n) is 7.90. The van der Waals surface area contributed by atoms with Crippen LogP contribution in [0.15, 0.2) is 48.5 Å². The molecule has 0 saturated heterocycles. The molecular weight excluding hydrogens is 422 g/mol. The van der Waals surface area contributed by atoms with Crippen LogP contribution in [-0.2, 0) is 21.2 Å². The summed E-state index contributed by atoms with van der Waals surface area (Å²) in [4.78, 5) is 12.0. The molecule has 31 heavy (non-hydrogen) atoms. The molecule has 0 aromatic heterocycles. The Kier molecular flexibility index (Phi) is 5.67. The van der Waals surface area contributed by atoms with Gasteiger partial charge in [0.1, 0.15) is 6.10 Å². The molecule has 2 aromatic rings. The SMILES string of the molecule is CN(C(O)(Oc1cccc2c1OC1CCCC21)C(=O)O)S(=O)(=O)CCc1ccccc1. The first-order chi connectivity index (χ1) is 14.7. The average Bonchev–Trinajstić information content (AvgIpc) is 3.35. The lowest BCUT2D eigenvalue weighted by Gasteiger charge is -2.32. The number of aryl methyl sites for hydroxylation is 1. The summed E-state index contributed by atoms with van der Waals surface area (Å²) < 4.78 is 37.4. The van der Waals surface area contributed by atoms with Crippen LogP contribution in [0.4, 0.5) is 0 Å². The van der Waals surface area contributed by atoms with Gasteiger partial charge in [-0.05, 0) is 37.3 Å². The summed E-state index contributed by atoms with van der Waals surface area (Å²) in [7, 11) is -3.18. The summed E-state index contributed by atoms with van der Waals surface area (Å²) >= 11 is 0. The number of carboxylic acid groups (broad SMARTS) is 1. The van der Waals surface area contributed by atoms with Crippen molar-refractivity contribution >= 4 is 16.0 Å². The fourth-order valence-corrected chi connectivity index (χ4v) is 5.48. The molecule has 0 amide bonds. The maximum absolute atomic E-state index is 12.8.